The normalized spacial score (nSPS) is 13.5. The number of methoxy groups -OCH3 is 2. The van der Waals surface area contributed by atoms with Crippen molar-refractivity contribution in [1.82, 2.24) is 5.32 Å². The van der Waals surface area contributed by atoms with Gasteiger partial charge in [0.1, 0.15) is 0 Å². The Morgan fingerprint density at radius 2 is 1.59 bits per heavy atom. The van der Waals surface area contributed by atoms with Gasteiger partial charge in [0.15, 0.2) is 11.5 Å². The number of phenolic OH excluding ortho intramolecular Hbond substituents is 1. The third-order valence-electron chi connectivity index (χ3n) is 3.82. The first-order chi connectivity index (χ1) is 10.6. The van der Waals surface area contributed by atoms with E-state index in [1.807, 2.05) is 31.2 Å². The molecule has 118 valence electrons. The quantitative estimate of drug-likeness (QED) is 0.851. The molecule has 0 unspecified atom stereocenters. The van der Waals surface area contributed by atoms with Crippen molar-refractivity contribution in [2.45, 2.75) is 25.9 Å². The summed E-state index contributed by atoms with van der Waals surface area (Å²) in [6, 6.07) is 14.0. The highest BCUT2D eigenvalue weighted by Crippen LogP contribution is 2.41. The highest BCUT2D eigenvalue weighted by atomic mass is 16.5. The van der Waals surface area contributed by atoms with Crippen LogP contribution in [0.25, 0.3) is 0 Å². The van der Waals surface area contributed by atoms with Crippen LogP contribution in [0.5, 0.6) is 17.2 Å². The SMILES string of the molecule is COc1ccc([C@H](C)N[C@@H](C)c2ccccc2)c(O)c1OC. The Labute approximate surface area is 131 Å². The van der Waals surface area contributed by atoms with Gasteiger partial charge in [-0.3, -0.25) is 0 Å². The molecule has 2 N–H and O–H groups in total. The number of hydrogen-bond donors (Lipinski definition) is 2. The molecule has 0 amide bonds. The molecule has 0 aliphatic heterocycles. The molecule has 0 aliphatic carbocycles. The molecule has 2 aromatic carbocycles. The molecule has 22 heavy (non-hydrogen) atoms. The average Bonchev–Trinajstić information content (AvgIpc) is 2.54. The fourth-order valence-electron chi connectivity index (χ4n) is 2.58. The number of benzene rings is 2. The topological polar surface area (TPSA) is 50.7 Å². The third-order valence-corrected chi connectivity index (χ3v) is 3.82. The number of ether oxygens (including phenoxy) is 2. The zero-order chi connectivity index (χ0) is 16.1. The predicted octanol–water partition coefficient (Wildman–Crippen LogP) is 3.82. The summed E-state index contributed by atoms with van der Waals surface area (Å²) in [4.78, 5) is 0. The van der Waals surface area contributed by atoms with Crippen LogP contribution in [-0.4, -0.2) is 19.3 Å². The lowest BCUT2D eigenvalue weighted by atomic mass is 10.0. The minimum absolute atomic E-state index is 0.0324. The fourth-order valence-corrected chi connectivity index (χ4v) is 2.58. The van der Waals surface area contributed by atoms with E-state index < -0.39 is 0 Å². The maximum absolute atomic E-state index is 10.4. The van der Waals surface area contributed by atoms with Crippen molar-refractivity contribution < 1.29 is 14.6 Å². The molecule has 0 aromatic heterocycles. The standard InChI is InChI=1S/C18H23NO3/c1-12(14-8-6-5-7-9-14)19-13(2)15-10-11-16(21-3)18(22-4)17(15)20/h5-13,19-20H,1-4H3/t12-,13-/m0/s1. The molecular weight excluding hydrogens is 278 g/mol. The molecule has 0 aliphatic rings. The molecule has 0 saturated heterocycles. The van der Waals surface area contributed by atoms with Gasteiger partial charge in [-0.25, -0.2) is 0 Å². The van der Waals surface area contributed by atoms with E-state index in [1.54, 1.807) is 13.2 Å². The Hall–Kier alpha value is -2.20. The molecule has 2 atom stereocenters. The van der Waals surface area contributed by atoms with E-state index in [0.29, 0.717) is 11.5 Å². The molecule has 4 nitrogen and oxygen atoms in total. The summed E-state index contributed by atoms with van der Waals surface area (Å²) in [7, 11) is 3.07. The van der Waals surface area contributed by atoms with Crippen molar-refractivity contribution in [3.8, 4) is 17.2 Å². The number of aromatic hydroxyl groups is 1. The molecule has 4 heteroatoms. The van der Waals surface area contributed by atoms with Crippen LogP contribution in [0.15, 0.2) is 42.5 Å². The molecule has 2 aromatic rings. The van der Waals surface area contributed by atoms with Gasteiger partial charge < -0.3 is 19.9 Å². The molecule has 0 heterocycles. The van der Waals surface area contributed by atoms with Gasteiger partial charge in [0, 0.05) is 17.6 Å². The summed E-state index contributed by atoms with van der Waals surface area (Å²) in [6.45, 7) is 4.12. The summed E-state index contributed by atoms with van der Waals surface area (Å²) >= 11 is 0. The van der Waals surface area contributed by atoms with Crippen molar-refractivity contribution in [3.05, 3.63) is 53.6 Å². The van der Waals surface area contributed by atoms with Crippen LogP contribution in [0.1, 0.15) is 37.1 Å². The second kappa shape index (κ2) is 7.18. The Morgan fingerprint density at radius 3 is 2.18 bits per heavy atom. The zero-order valence-electron chi connectivity index (χ0n) is 13.5. The summed E-state index contributed by atoms with van der Waals surface area (Å²) in [6.07, 6.45) is 0. The number of phenols is 1. The van der Waals surface area contributed by atoms with Crippen molar-refractivity contribution in [1.29, 1.82) is 0 Å². The first-order valence-electron chi connectivity index (χ1n) is 7.33. The van der Waals surface area contributed by atoms with Gasteiger partial charge in [0.25, 0.3) is 0 Å². The number of rotatable bonds is 6. The van der Waals surface area contributed by atoms with Crippen molar-refractivity contribution in [2.24, 2.45) is 0 Å². The molecule has 0 bridgehead atoms. The van der Waals surface area contributed by atoms with E-state index in [-0.39, 0.29) is 17.8 Å². The maximum atomic E-state index is 10.4. The van der Waals surface area contributed by atoms with E-state index in [1.165, 1.54) is 12.7 Å². The van der Waals surface area contributed by atoms with Crippen LogP contribution in [0.2, 0.25) is 0 Å². The molecule has 0 radical (unpaired) electrons. The first-order valence-corrected chi connectivity index (χ1v) is 7.33. The third kappa shape index (κ3) is 3.34. The van der Waals surface area contributed by atoms with Crippen LogP contribution in [0.3, 0.4) is 0 Å². The Balaban J connectivity index is 2.21. The van der Waals surface area contributed by atoms with Gasteiger partial charge in [-0.15, -0.1) is 0 Å². The number of nitrogens with one attached hydrogen (secondary N) is 1. The van der Waals surface area contributed by atoms with Crippen molar-refractivity contribution in [2.75, 3.05) is 14.2 Å². The van der Waals surface area contributed by atoms with Crippen LogP contribution in [0, 0.1) is 0 Å². The van der Waals surface area contributed by atoms with Gasteiger partial charge >= 0.3 is 0 Å². The highest BCUT2D eigenvalue weighted by Gasteiger charge is 2.19. The van der Waals surface area contributed by atoms with Gasteiger partial charge in [0.2, 0.25) is 5.75 Å². The van der Waals surface area contributed by atoms with Crippen LogP contribution < -0.4 is 14.8 Å². The van der Waals surface area contributed by atoms with Crippen molar-refractivity contribution >= 4 is 0 Å². The Bertz CT molecular complexity index is 613. The lowest BCUT2D eigenvalue weighted by molar-refractivity contribution is 0.328. The van der Waals surface area contributed by atoms with E-state index in [4.69, 9.17) is 9.47 Å². The Kier molecular flexibility index (Phi) is 5.28. The van der Waals surface area contributed by atoms with Crippen LogP contribution >= 0.6 is 0 Å². The number of hydrogen-bond acceptors (Lipinski definition) is 4. The van der Waals surface area contributed by atoms with Gasteiger partial charge in [-0.2, -0.15) is 0 Å². The smallest absolute Gasteiger partial charge is 0.203 e. The molecule has 0 saturated carbocycles. The second-order valence-corrected chi connectivity index (χ2v) is 5.26. The van der Waals surface area contributed by atoms with Gasteiger partial charge in [0.05, 0.1) is 14.2 Å². The van der Waals surface area contributed by atoms with E-state index in [2.05, 4.69) is 24.4 Å². The lowest BCUT2D eigenvalue weighted by Crippen LogP contribution is -2.22. The lowest BCUT2D eigenvalue weighted by Gasteiger charge is -2.22. The molecule has 2 rings (SSSR count). The van der Waals surface area contributed by atoms with E-state index in [0.717, 1.165) is 5.56 Å². The largest absolute Gasteiger partial charge is 0.504 e. The monoisotopic (exact) mass is 301 g/mol. The summed E-state index contributed by atoms with van der Waals surface area (Å²) in [5, 5.41) is 13.9. The zero-order valence-corrected chi connectivity index (χ0v) is 13.5. The fraction of sp³-hybridized carbons (Fsp3) is 0.333. The summed E-state index contributed by atoms with van der Waals surface area (Å²) < 4.78 is 10.4. The average molecular weight is 301 g/mol. The van der Waals surface area contributed by atoms with Crippen molar-refractivity contribution in [3.63, 3.8) is 0 Å². The van der Waals surface area contributed by atoms with E-state index in [9.17, 15) is 5.11 Å². The van der Waals surface area contributed by atoms with Gasteiger partial charge in [-0.1, -0.05) is 30.3 Å². The second-order valence-electron chi connectivity index (χ2n) is 5.26. The maximum Gasteiger partial charge on any atom is 0.203 e. The van der Waals surface area contributed by atoms with Crippen LogP contribution in [-0.2, 0) is 0 Å². The summed E-state index contributed by atoms with van der Waals surface area (Å²) in [5.74, 6) is 0.996. The molecule has 0 spiro atoms. The minimum atomic E-state index is -0.0324. The minimum Gasteiger partial charge on any atom is -0.504 e. The highest BCUT2D eigenvalue weighted by molar-refractivity contribution is 5.55. The summed E-state index contributed by atoms with van der Waals surface area (Å²) in [5.41, 5.74) is 1.98. The van der Waals surface area contributed by atoms with Gasteiger partial charge in [-0.05, 0) is 31.5 Å². The predicted molar refractivity (Wildman–Crippen MR) is 87.6 cm³/mol. The molecule has 0 fully saturated rings. The molecular formula is C18H23NO3. The Morgan fingerprint density at radius 1 is 0.909 bits per heavy atom. The van der Waals surface area contributed by atoms with E-state index >= 15 is 0 Å². The van der Waals surface area contributed by atoms with Crippen LogP contribution in [0.4, 0.5) is 0 Å². The first kappa shape index (κ1) is 16.2.